The van der Waals surface area contributed by atoms with E-state index in [4.69, 9.17) is 0 Å². The van der Waals surface area contributed by atoms with Crippen molar-refractivity contribution in [3.63, 3.8) is 0 Å². The average Bonchev–Trinajstić information content (AvgIpc) is 2.82. The summed E-state index contributed by atoms with van der Waals surface area (Å²) in [5.74, 6) is -0.119. The lowest BCUT2D eigenvalue weighted by atomic mass is 10.0. The molecule has 5 nitrogen and oxygen atoms in total. The minimum atomic E-state index is -0.488. The predicted octanol–water partition coefficient (Wildman–Crippen LogP) is 1.45. The van der Waals surface area contributed by atoms with Gasteiger partial charge in [0.1, 0.15) is 6.04 Å². The summed E-state index contributed by atoms with van der Waals surface area (Å²) >= 11 is 0. The van der Waals surface area contributed by atoms with Gasteiger partial charge in [-0.3, -0.25) is 9.59 Å². The van der Waals surface area contributed by atoms with Gasteiger partial charge in [-0.15, -0.1) is 0 Å². The van der Waals surface area contributed by atoms with Crippen LogP contribution >= 0.6 is 0 Å². The molecule has 0 radical (unpaired) electrons. The number of carbonyl (C=O) groups is 2. The normalized spacial score (nSPS) is 18.2. The van der Waals surface area contributed by atoms with E-state index in [2.05, 4.69) is 22.8 Å². The van der Waals surface area contributed by atoms with Crippen LogP contribution in [0.5, 0.6) is 0 Å². The van der Waals surface area contributed by atoms with Gasteiger partial charge in [0.2, 0.25) is 11.8 Å². The molecule has 2 rings (SSSR count). The summed E-state index contributed by atoms with van der Waals surface area (Å²) < 4.78 is 0. The Kier molecular flexibility index (Phi) is 5.19. The lowest BCUT2D eigenvalue weighted by Gasteiger charge is -2.29. The van der Waals surface area contributed by atoms with Gasteiger partial charge >= 0.3 is 0 Å². The maximum atomic E-state index is 12.9. The monoisotopic (exact) mass is 303 g/mol. The van der Waals surface area contributed by atoms with Gasteiger partial charge in [-0.05, 0) is 31.0 Å². The maximum absolute atomic E-state index is 12.9. The smallest absolute Gasteiger partial charge is 0.246 e. The molecule has 22 heavy (non-hydrogen) atoms. The molecular formula is C17H25N3O2. The fourth-order valence-electron chi connectivity index (χ4n) is 2.92. The number of nitrogens with one attached hydrogen (secondary N) is 2. The Labute approximate surface area is 132 Å². The quantitative estimate of drug-likeness (QED) is 0.865. The summed E-state index contributed by atoms with van der Waals surface area (Å²) in [7, 11) is 1.71. The lowest BCUT2D eigenvalue weighted by molar-refractivity contribution is -0.139. The lowest BCUT2D eigenvalue weighted by Crippen LogP contribution is -2.52. The second-order valence-corrected chi connectivity index (χ2v) is 6.16. The van der Waals surface area contributed by atoms with E-state index in [1.165, 1.54) is 11.1 Å². The van der Waals surface area contributed by atoms with Crippen LogP contribution in [0, 0.1) is 5.92 Å². The van der Waals surface area contributed by atoms with Gasteiger partial charge in [0.25, 0.3) is 0 Å². The zero-order valence-corrected chi connectivity index (χ0v) is 13.7. The van der Waals surface area contributed by atoms with E-state index in [1.807, 2.05) is 37.8 Å². The van der Waals surface area contributed by atoms with Crippen molar-refractivity contribution >= 4 is 11.8 Å². The van der Waals surface area contributed by atoms with E-state index in [9.17, 15) is 9.59 Å². The molecule has 1 heterocycles. The first-order valence-corrected chi connectivity index (χ1v) is 7.78. The van der Waals surface area contributed by atoms with Crippen LogP contribution in [0.3, 0.4) is 0 Å². The zero-order valence-electron chi connectivity index (χ0n) is 13.7. The average molecular weight is 303 g/mol. The van der Waals surface area contributed by atoms with Crippen LogP contribution in [-0.4, -0.2) is 36.3 Å². The number of rotatable bonds is 5. The Morgan fingerprint density at radius 3 is 2.59 bits per heavy atom. The molecular weight excluding hydrogens is 278 g/mol. The van der Waals surface area contributed by atoms with E-state index in [-0.39, 0.29) is 30.3 Å². The van der Waals surface area contributed by atoms with Gasteiger partial charge in [0.15, 0.2) is 0 Å². The maximum Gasteiger partial charge on any atom is 0.246 e. The number of hydrogen-bond acceptors (Lipinski definition) is 3. The van der Waals surface area contributed by atoms with Crippen molar-refractivity contribution < 1.29 is 9.59 Å². The molecule has 2 unspecified atom stereocenters. The molecule has 0 saturated heterocycles. The first-order valence-electron chi connectivity index (χ1n) is 7.78. The van der Waals surface area contributed by atoms with Gasteiger partial charge in [-0.2, -0.15) is 0 Å². The first-order chi connectivity index (χ1) is 10.5. The van der Waals surface area contributed by atoms with Crippen molar-refractivity contribution in [1.82, 2.24) is 15.5 Å². The topological polar surface area (TPSA) is 61.4 Å². The summed E-state index contributed by atoms with van der Waals surface area (Å²) in [6.07, 6.45) is 0. The number of hydrogen-bond donors (Lipinski definition) is 2. The van der Waals surface area contributed by atoms with Crippen LogP contribution in [-0.2, 0) is 16.1 Å². The molecule has 2 amide bonds. The molecule has 1 aliphatic heterocycles. The number of fused-ring (bicyclic) bond motifs is 1. The van der Waals surface area contributed by atoms with Gasteiger partial charge in [-0.1, -0.05) is 38.1 Å². The number of benzene rings is 1. The zero-order chi connectivity index (χ0) is 16.3. The molecule has 0 spiro atoms. The van der Waals surface area contributed by atoms with Gasteiger partial charge in [0, 0.05) is 6.54 Å². The standard InChI is InChI=1S/C17H25N3O2/c1-11(2)16(19-15(21)9-18-4)17(22)20-10-13-7-5-6-8-14(13)12(20)3/h5-8,11-12,16,18H,9-10H2,1-4H3,(H,19,21). The molecule has 0 fully saturated rings. The largest absolute Gasteiger partial charge is 0.343 e. The number of amides is 2. The third kappa shape index (κ3) is 3.30. The Hall–Kier alpha value is -1.88. The van der Waals surface area contributed by atoms with E-state index in [0.717, 1.165) is 0 Å². The minimum Gasteiger partial charge on any atom is -0.343 e. The summed E-state index contributed by atoms with van der Waals surface area (Å²) in [6, 6.07) is 7.68. The summed E-state index contributed by atoms with van der Waals surface area (Å²) in [5.41, 5.74) is 2.38. The van der Waals surface area contributed by atoms with Crippen LogP contribution in [0.4, 0.5) is 0 Å². The second-order valence-electron chi connectivity index (χ2n) is 6.16. The first kappa shape index (κ1) is 16.5. The second kappa shape index (κ2) is 6.92. The summed E-state index contributed by atoms with van der Waals surface area (Å²) in [5, 5.41) is 5.65. The fourth-order valence-corrected chi connectivity index (χ4v) is 2.92. The third-order valence-electron chi connectivity index (χ3n) is 4.18. The van der Waals surface area contributed by atoms with E-state index >= 15 is 0 Å². The van der Waals surface area contributed by atoms with Crippen molar-refractivity contribution in [3.05, 3.63) is 35.4 Å². The van der Waals surface area contributed by atoms with Crippen molar-refractivity contribution in [2.45, 2.75) is 39.4 Å². The van der Waals surface area contributed by atoms with Crippen LogP contribution in [0.25, 0.3) is 0 Å². The number of carbonyl (C=O) groups excluding carboxylic acids is 2. The highest BCUT2D eigenvalue weighted by atomic mass is 16.2. The minimum absolute atomic E-state index is 0.0110. The third-order valence-corrected chi connectivity index (χ3v) is 4.18. The molecule has 0 bridgehead atoms. The Morgan fingerprint density at radius 2 is 2.00 bits per heavy atom. The molecule has 1 aliphatic rings. The Balaban J connectivity index is 2.14. The highest BCUT2D eigenvalue weighted by molar-refractivity contribution is 5.89. The number of nitrogens with zero attached hydrogens (tertiary/aromatic N) is 1. The molecule has 1 aromatic carbocycles. The van der Waals surface area contributed by atoms with Crippen LogP contribution < -0.4 is 10.6 Å². The van der Waals surface area contributed by atoms with E-state index < -0.39 is 6.04 Å². The van der Waals surface area contributed by atoms with Gasteiger partial charge < -0.3 is 15.5 Å². The summed E-state index contributed by atoms with van der Waals surface area (Å²) in [6.45, 7) is 6.77. The van der Waals surface area contributed by atoms with Crippen LogP contribution in [0.15, 0.2) is 24.3 Å². The molecule has 5 heteroatoms. The van der Waals surface area contributed by atoms with E-state index in [1.54, 1.807) is 7.05 Å². The van der Waals surface area contributed by atoms with Gasteiger partial charge in [-0.25, -0.2) is 0 Å². The highest BCUT2D eigenvalue weighted by Crippen LogP contribution is 2.33. The van der Waals surface area contributed by atoms with Gasteiger partial charge in [0.05, 0.1) is 12.6 Å². The highest BCUT2D eigenvalue weighted by Gasteiger charge is 2.35. The predicted molar refractivity (Wildman–Crippen MR) is 86.1 cm³/mol. The molecule has 2 N–H and O–H groups in total. The molecule has 120 valence electrons. The van der Waals surface area contributed by atoms with Crippen molar-refractivity contribution in [1.29, 1.82) is 0 Å². The molecule has 1 aromatic rings. The fraction of sp³-hybridized carbons (Fsp3) is 0.529. The Bertz CT molecular complexity index is 557. The van der Waals surface area contributed by atoms with Crippen LogP contribution in [0.1, 0.15) is 37.9 Å². The van der Waals surface area contributed by atoms with Crippen LogP contribution in [0.2, 0.25) is 0 Å². The Morgan fingerprint density at radius 1 is 1.32 bits per heavy atom. The van der Waals surface area contributed by atoms with E-state index in [0.29, 0.717) is 6.54 Å². The SMILES string of the molecule is CNCC(=O)NC(C(=O)N1Cc2ccccc2C1C)C(C)C. The van der Waals surface area contributed by atoms with Crippen molar-refractivity contribution in [2.75, 3.05) is 13.6 Å². The molecule has 0 saturated carbocycles. The molecule has 0 aromatic heterocycles. The van der Waals surface area contributed by atoms with Crippen molar-refractivity contribution in [2.24, 2.45) is 5.92 Å². The van der Waals surface area contributed by atoms with Crippen molar-refractivity contribution in [3.8, 4) is 0 Å². The summed E-state index contributed by atoms with van der Waals surface area (Å²) in [4.78, 5) is 26.6. The number of likely N-dealkylation sites (N-methyl/N-ethyl adjacent to an activating group) is 1. The molecule has 0 aliphatic carbocycles. The molecule has 2 atom stereocenters.